The summed E-state index contributed by atoms with van der Waals surface area (Å²) in [5.41, 5.74) is 1.47. The van der Waals surface area contributed by atoms with Crippen LogP contribution in [0, 0.1) is 0 Å². The van der Waals surface area contributed by atoms with Crippen LogP contribution in [-0.2, 0) is 6.54 Å². The van der Waals surface area contributed by atoms with Crippen molar-refractivity contribution in [2.45, 2.75) is 6.54 Å². The fraction of sp³-hybridized carbons (Fsp3) is 0.294. The van der Waals surface area contributed by atoms with Gasteiger partial charge < -0.3 is 19.1 Å². The molecule has 0 spiro atoms. The van der Waals surface area contributed by atoms with E-state index in [0.29, 0.717) is 29.4 Å². The molecule has 0 aliphatic carbocycles. The summed E-state index contributed by atoms with van der Waals surface area (Å²) in [4.78, 5) is 18.2. The maximum atomic E-state index is 12.6. The number of hydrogen-bond donors (Lipinski definition) is 0. The van der Waals surface area contributed by atoms with Gasteiger partial charge in [0.2, 0.25) is 5.75 Å². The van der Waals surface area contributed by atoms with Crippen molar-refractivity contribution in [3.63, 3.8) is 0 Å². The quantitative estimate of drug-likeness (QED) is 0.819. The van der Waals surface area contributed by atoms with Gasteiger partial charge in [-0.3, -0.25) is 9.78 Å². The molecule has 6 nitrogen and oxygen atoms in total. The highest BCUT2D eigenvalue weighted by Crippen LogP contribution is 2.38. The zero-order chi connectivity index (χ0) is 16.8. The minimum Gasteiger partial charge on any atom is -0.493 e. The number of hydrogen-bond acceptors (Lipinski definition) is 5. The van der Waals surface area contributed by atoms with Crippen LogP contribution in [0.4, 0.5) is 0 Å². The van der Waals surface area contributed by atoms with Gasteiger partial charge in [0.05, 0.1) is 21.3 Å². The molecule has 0 unspecified atom stereocenters. The molecule has 0 aliphatic rings. The molecule has 0 aliphatic heterocycles. The molecule has 2 rings (SSSR count). The zero-order valence-electron chi connectivity index (χ0n) is 13.7. The normalized spacial score (nSPS) is 10.1. The van der Waals surface area contributed by atoms with Crippen LogP contribution in [0.5, 0.6) is 17.2 Å². The fourth-order valence-electron chi connectivity index (χ4n) is 2.26. The van der Waals surface area contributed by atoms with Crippen LogP contribution in [0.2, 0.25) is 0 Å². The lowest BCUT2D eigenvalue weighted by molar-refractivity contribution is 0.0784. The molecule has 0 atom stereocenters. The number of rotatable bonds is 6. The van der Waals surface area contributed by atoms with Crippen LogP contribution in [0.1, 0.15) is 15.9 Å². The average Bonchev–Trinajstić information content (AvgIpc) is 2.60. The highest BCUT2D eigenvalue weighted by molar-refractivity contribution is 5.95. The van der Waals surface area contributed by atoms with Crippen molar-refractivity contribution in [2.24, 2.45) is 0 Å². The van der Waals surface area contributed by atoms with Gasteiger partial charge in [0.25, 0.3) is 5.91 Å². The lowest BCUT2D eigenvalue weighted by Crippen LogP contribution is -2.26. The number of ether oxygens (including phenoxy) is 3. The summed E-state index contributed by atoms with van der Waals surface area (Å²) in [6.07, 6.45) is 3.40. The number of carbonyl (C=O) groups is 1. The number of aromatic nitrogens is 1. The maximum absolute atomic E-state index is 12.6. The Morgan fingerprint density at radius 2 is 1.61 bits per heavy atom. The molecule has 1 amide bonds. The van der Waals surface area contributed by atoms with Crippen molar-refractivity contribution in [2.75, 3.05) is 28.4 Å². The lowest BCUT2D eigenvalue weighted by Gasteiger charge is -2.19. The minimum atomic E-state index is -0.138. The van der Waals surface area contributed by atoms with E-state index in [2.05, 4.69) is 4.98 Å². The molecular weight excluding hydrogens is 296 g/mol. The van der Waals surface area contributed by atoms with Crippen LogP contribution in [0.15, 0.2) is 36.7 Å². The van der Waals surface area contributed by atoms with E-state index in [1.165, 1.54) is 21.3 Å². The van der Waals surface area contributed by atoms with Gasteiger partial charge in [-0.2, -0.15) is 0 Å². The molecule has 1 aromatic heterocycles. The van der Waals surface area contributed by atoms with Crippen molar-refractivity contribution in [1.29, 1.82) is 0 Å². The van der Waals surface area contributed by atoms with E-state index in [1.807, 2.05) is 12.1 Å². The first-order chi connectivity index (χ1) is 11.1. The Morgan fingerprint density at radius 1 is 1.04 bits per heavy atom. The van der Waals surface area contributed by atoms with Crippen LogP contribution < -0.4 is 14.2 Å². The summed E-state index contributed by atoms with van der Waals surface area (Å²) >= 11 is 0. The number of methoxy groups -OCH3 is 3. The molecule has 1 aromatic carbocycles. The van der Waals surface area contributed by atoms with Gasteiger partial charge in [-0.15, -0.1) is 0 Å². The molecule has 122 valence electrons. The first-order valence-corrected chi connectivity index (χ1v) is 7.05. The van der Waals surface area contributed by atoms with E-state index in [-0.39, 0.29) is 5.91 Å². The number of carbonyl (C=O) groups excluding carboxylic acids is 1. The van der Waals surface area contributed by atoms with Gasteiger partial charge in [-0.1, -0.05) is 0 Å². The maximum Gasteiger partial charge on any atom is 0.254 e. The predicted molar refractivity (Wildman–Crippen MR) is 86.1 cm³/mol. The molecule has 1 heterocycles. The zero-order valence-corrected chi connectivity index (χ0v) is 13.7. The average molecular weight is 316 g/mol. The molecular formula is C17H20N2O4. The SMILES string of the molecule is COc1cc(C(=O)N(C)Cc2ccncc2)cc(OC)c1OC. The predicted octanol–water partition coefficient (Wildman–Crippen LogP) is 2.38. The van der Waals surface area contributed by atoms with E-state index in [4.69, 9.17) is 14.2 Å². The fourth-order valence-corrected chi connectivity index (χ4v) is 2.26. The topological polar surface area (TPSA) is 60.9 Å². The highest BCUT2D eigenvalue weighted by atomic mass is 16.5. The monoisotopic (exact) mass is 316 g/mol. The van der Waals surface area contributed by atoms with Crippen LogP contribution in [0.25, 0.3) is 0 Å². The van der Waals surface area contributed by atoms with Crippen molar-refractivity contribution in [3.8, 4) is 17.2 Å². The van der Waals surface area contributed by atoms with Crippen LogP contribution in [0.3, 0.4) is 0 Å². The van der Waals surface area contributed by atoms with Gasteiger partial charge in [-0.05, 0) is 29.8 Å². The van der Waals surface area contributed by atoms with E-state index in [0.717, 1.165) is 5.56 Å². The second kappa shape index (κ2) is 7.49. The Bertz CT molecular complexity index is 649. The molecule has 6 heteroatoms. The Kier molecular flexibility index (Phi) is 5.41. The summed E-state index contributed by atoms with van der Waals surface area (Å²) in [7, 11) is 6.31. The second-order valence-corrected chi connectivity index (χ2v) is 4.93. The summed E-state index contributed by atoms with van der Waals surface area (Å²) in [6.45, 7) is 0.484. The van der Waals surface area contributed by atoms with Gasteiger partial charge in [0, 0.05) is 31.5 Å². The first-order valence-electron chi connectivity index (χ1n) is 7.05. The Morgan fingerprint density at radius 3 is 2.09 bits per heavy atom. The molecule has 0 saturated carbocycles. The molecule has 23 heavy (non-hydrogen) atoms. The van der Waals surface area contributed by atoms with Crippen LogP contribution in [-0.4, -0.2) is 44.2 Å². The van der Waals surface area contributed by atoms with E-state index >= 15 is 0 Å². The smallest absolute Gasteiger partial charge is 0.254 e. The standard InChI is InChI=1S/C17H20N2O4/c1-19(11-12-5-7-18-8-6-12)17(20)13-9-14(21-2)16(23-4)15(10-13)22-3/h5-10H,11H2,1-4H3. The van der Waals surface area contributed by atoms with E-state index in [9.17, 15) is 4.79 Å². The third kappa shape index (κ3) is 3.71. The van der Waals surface area contributed by atoms with Crippen LogP contribution >= 0.6 is 0 Å². The van der Waals surface area contributed by atoms with Gasteiger partial charge in [0.1, 0.15) is 0 Å². The number of pyridine rings is 1. The Hall–Kier alpha value is -2.76. The largest absolute Gasteiger partial charge is 0.493 e. The van der Waals surface area contributed by atoms with Crippen molar-refractivity contribution < 1.29 is 19.0 Å². The third-order valence-electron chi connectivity index (χ3n) is 3.43. The van der Waals surface area contributed by atoms with Crippen molar-refractivity contribution >= 4 is 5.91 Å². The number of nitrogens with zero attached hydrogens (tertiary/aromatic N) is 2. The molecule has 0 saturated heterocycles. The Labute approximate surface area is 135 Å². The summed E-state index contributed by atoms with van der Waals surface area (Å²) < 4.78 is 15.8. The van der Waals surface area contributed by atoms with Gasteiger partial charge in [0.15, 0.2) is 11.5 Å². The molecule has 0 bridgehead atoms. The Balaban J connectivity index is 2.28. The summed E-state index contributed by atoms with van der Waals surface area (Å²) in [5, 5.41) is 0. The third-order valence-corrected chi connectivity index (χ3v) is 3.43. The van der Waals surface area contributed by atoms with E-state index in [1.54, 1.807) is 36.5 Å². The summed E-state index contributed by atoms with van der Waals surface area (Å²) in [5.74, 6) is 1.23. The summed E-state index contributed by atoms with van der Waals surface area (Å²) in [6, 6.07) is 7.04. The van der Waals surface area contributed by atoms with Crippen molar-refractivity contribution in [1.82, 2.24) is 9.88 Å². The molecule has 0 fully saturated rings. The van der Waals surface area contributed by atoms with Gasteiger partial charge in [-0.25, -0.2) is 0 Å². The molecule has 0 radical (unpaired) electrons. The lowest BCUT2D eigenvalue weighted by atomic mass is 10.1. The molecule has 2 aromatic rings. The van der Waals surface area contributed by atoms with Crippen molar-refractivity contribution in [3.05, 3.63) is 47.8 Å². The van der Waals surface area contributed by atoms with Gasteiger partial charge >= 0.3 is 0 Å². The van der Waals surface area contributed by atoms with E-state index < -0.39 is 0 Å². The highest BCUT2D eigenvalue weighted by Gasteiger charge is 2.19. The minimum absolute atomic E-state index is 0.138. The molecule has 0 N–H and O–H groups in total. The first kappa shape index (κ1) is 16.6. The number of benzene rings is 1. The number of amides is 1. The second-order valence-electron chi connectivity index (χ2n) is 4.93.